The van der Waals surface area contributed by atoms with E-state index >= 15 is 0 Å². The SMILES string of the molecule is CCCCCCCC(=O)OC[C@H](COP(=O)(O)OC[C@H](O)COP(=O)(O)OC[C@@H](COC(=O)CCCCCCCCCCCCCCCCC(C)C)OC(=O)CCCCCCCCCCCCCCCCC(C)C)OC(=O)CCCCCCCCCCCCC(C)CC. The lowest BCUT2D eigenvalue weighted by atomic mass is 9.99. The molecule has 0 saturated carbocycles. The quantitative estimate of drug-likeness (QED) is 0.0222. The molecule has 93 heavy (non-hydrogen) atoms. The first-order valence-corrected chi connectivity index (χ1v) is 41.4. The van der Waals surface area contributed by atoms with E-state index in [1.54, 1.807) is 0 Å². The maximum atomic E-state index is 13.1. The van der Waals surface area contributed by atoms with Crippen molar-refractivity contribution >= 4 is 39.5 Å². The molecule has 0 aliphatic carbocycles. The normalized spacial score (nSPS) is 14.4. The van der Waals surface area contributed by atoms with Gasteiger partial charge in [-0.3, -0.25) is 37.3 Å². The second-order valence-electron chi connectivity index (χ2n) is 27.9. The molecule has 0 rings (SSSR count). The highest BCUT2D eigenvalue weighted by atomic mass is 31.2. The molecule has 0 bridgehead atoms. The summed E-state index contributed by atoms with van der Waals surface area (Å²) in [5, 5.41) is 10.6. The molecule has 0 fully saturated rings. The van der Waals surface area contributed by atoms with Gasteiger partial charge in [0.15, 0.2) is 12.2 Å². The van der Waals surface area contributed by atoms with E-state index in [1.165, 1.54) is 180 Å². The molecule has 0 aliphatic heterocycles. The fourth-order valence-electron chi connectivity index (χ4n) is 11.2. The van der Waals surface area contributed by atoms with Crippen molar-refractivity contribution in [2.24, 2.45) is 17.8 Å². The highest BCUT2D eigenvalue weighted by Gasteiger charge is 2.30. The van der Waals surface area contributed by atoms with Crippen molar-refractivity contribution in [2.75, 3.05) is 39.6 Å². The van der Waals surface area contributed by atoms with Gasteiger partial charge in [-0.25, -0.2) is 9.13 Å². The largest absolute Gasteiger partial charge is 0.472 e. The van der Waals surface area contributed by atoms with Crippen LogP contribution in [0.1, 0.15) is 376 Å². The Hall–Kier alpha value is -1.94. The number of carbonyl (C=O) groups excluding carboxylic acids is 4. The number of esters is 4. The van der Waals surface area contributed by atoms with Gasteiger partial charge in [-0.1, -0.05) is 325 Å². The van der Waals surface area contributed by atoms with Crippen molar-refractivity contribution in [1.82, 2.24) is 0 Å². The summed E-state index contributed by atoms with van der Waals surface area (Å²) in [5.74, 6) is 0.267. The lowest BCUT2D eigenvalue weighted by Crippen LogP contribution is -2.30. The summed E-state index contributed by atoms with van der Waals surface area (Å²) in [6, 6.07) is 0. The molecular weight excluding hydrogens is 1220 g/mol. The summed E-state index contributed by atoms with van der Waals surface area (Å²) < 4.78 is 68.2. The van der Waals surface area contributed by atoms with Crippen LogP contribution in [0.5, 0.6) is 0 Å². The molecule has 0 aromatic heterocycles. The van der Waals surface area contributed by atoms with Crippen LogP contribution in [-0.4, -0.2) is 96.7 Å². The van der Waals surface area contributed by atoms with E-state index in [0.717, 1.165) is 114 Å². The van der Waals surface area contributed by atoms with Gasteiger partial charge in [-0.15, -0.1) is 0 Å². The predicted molar refractivity (Wildman–Crippen MR) is 377 cm³/mol. The Morgan fingerprint density at radius 2 is 0.548 bits per heavy atom. The topological polar surface area (TPSA) is 237 Å². The van der Waals surface area contributed by atoms with Gasteiger partial charge in [-0.05, 0) is 43.4 Å². The van der Waals surface area contributed by atoms with Gasteiger partial charge in [0.25, 0.3) is 0 Å². The number of rotatable bonds is 72. The molecule has 19 heteroatoms. The fourth-order valence-corrected chi connectivity index (χ4v) is 12.8. The fraction of sp³-hybridized carbons (Fsp3) is 0.946. The van der Waals surface area contributed by atoms with Crippen LogP contribution in [0.3, 0.4) is 0 Å². The minimum atomic E-state index is -4.95. The second kappa shape index (κ2) is 64.7. The number of carbonyl (C=O) groups is 4. The molecule has 0 aromatic carbocycles. The number of unbranched alkanes of at least 4 members (excludes halogenated alkanes) is 39. The van der Waals surface area contributed by atoms with Gasteiger partial charge in [-0.2, -0.15) is 0 Å². The third kappa shape index (κ3) is 67.0. The molecule has 17 nitrogen and oxygen atoms in total. The molecule has 0 aliphatic rings. The first-order valence-electron chi connectivity index (χ1n) is 38.4. The molecule has 0 amide bonds. The third-order valence-corrected chi connectivity index (χ3v) is 19.4. The Kier molecular flexibility index (Phi) is 63.4. The minimum Gasteiger partial charge on any atom is -0.462 e. The average Bonchev–Trinajstić information content (AvgIpc) is 1.70. The van der Waals surface area contributed by atoms with E-state index < -0.39 is 97.5 Å². The molecule has 0 spiro atoms. The molecule has 3 unspecified atom stereocenters. The highest BCUT2D eigenvalue weighted by molar-refractivity contribution is 7.47. The van der Waals surface area contributed by atoms with E-state index in [0.29, 0.717) is 25.7 Å². The number of aliphatic hydroxyl groups excluding tert-OH is 1. The van der Waals surface area contributed by atoms with E-state index in [9.17, 15) is 43.2 Å². The summed E-state index contributed by atoms with van der Waals surface area (Å²) in [7, 11) is -9.90. The van der Waals surface area contributed by atoms with Gasteiger partial charge >= 0.3 is 39.5 Å². The van der Waals surface area contributed by atoms with Crippen LogP contribution < -0.4 is 0 Å². The molecule has 552 valence electrons. The van der Waals surface area contributed by atoms with Crippen molar-refractivity contribution in [3.63, 3.8) is 0 Å². The van der Waals surface area contributed by atoms with E-state index in [4.69, 9.17) is 37.0 Å². The van der Waals surface area contributed by atoms with Gasteiger partial charge in [0.2, 0.25) is 0 Å². The van der Waals surface area contributed by atoms with Crippen molar-refractivity contribution in [2.45, 2.75) is 394 Å². The summed E-state index contributed by atoms with van der Waals surface area (Å²) in [6.45, 7) is 11.9. The van der Waals surface area contributed by atoms with Crippen LogP contribution in [0.25, 0.3) is 0 Å². The summed E-state index contributed by atoms with van der Waals surface area (Å²) in [4.78, 5) is 72.5. The molecular formula is C74H144O17P2. The van der Waals surface area contributed by atoms with Crippen LogP contribution in [0, 0.1) is 17.8 Å². The van der Waals surface area contributed by atoms with Gasteiger partial charge < -0.3 is 33.8 Å². The standard InChI is InChI=1S/C74H144O17P2/c1-8-10-11-38-48-55-71(76)84-61-69(90-73(78)58-51-44-37-31-25-24-28-34-41-47-54-67(7)9-2)63-88-92(80,81)86-59-68(75)60-87-93(82,83)89-64-70(91-74(79)57-50-43-36-30-23-19-15-13-17-21-27-33-40-46-53-66(5)6)62-85-72(77)56-49-42-35-29-22-18-14-12-16-20-26-32-39-45-52-65(3)4/h65-70,75H,8-64H2,1-7H3,(H,80,81)(H,82,83)/t67?,68-,69+,70+/m0/s1. The number of hydrogen-bond acceptors (Lipinski definition) is 15. The molecule has 0 aromatic rings. The van der Waals surface area contributed by atoms with E-state index in [-0.39, 0.29) is 25.7 Å². The Morgan fingerprint density at radius 3 is 0.817 bits per heavy atom. The highest BCUT2D eigenvalue weighted by Crippen LogP contribution is 2.45. The minimum absolute atomic E-state index is 0.105. The average molecular weight is 1370 g/mol. The van der Waals surface area contributed by atoms with E-state index in [2.05, 4.69) is 48.5 Å². The lowest BCUT2D eigenvalue weighted by molar-refractivity contribution is -0.161. The summed E-state index contributed by atoms with van der Waals surface area (Å²) in [5.41, 5.74) is 0. The molecule has 0 radical (unpaired) electrons. The maximum Gasteiger partial charge on any atom is 0.472 e. The lowest BCUT2D eigenvalue weighted by Gasteiger charge is -2.21. The Balaban J connectivity index is 5.16. The number of phosphoric acid groups is 2. The Labute approximate surface area is 568 Å². The van der Waals surface area contributed by atoms with Crippen LogP contribution in [0.4, 0.5) is 0 Å². The van der Waals surface area contributed by atoms with Gasteiger partial charge in [0, 0.05) is 25.7 Å². The summed E-state index contributed by atoms with van der Waals surface area (Å²) in [6.07, 6.45) is 50.2. The van der Waals surface area contributed by atoms with E-state index in [1.807, 2.05) is 0 Å². The number of ether oxygens (including phenoxy) is 4. The predicted octanol–water partition coefficient (Wildman–Crippen LogP) is 21.4. The smallest absolute Gasteiger partial charge is 0.462 e. The zero-order valence-electron chi connectivity index (χ0n) is 60.7. The number of phosphoric ester groups is 2. The van der Waals surface area contributed by atoms with Crippen molar-refractivity contribution < 1.29 is 80.2 Å². The molecule has 3 N–H and O–H groups in total. The van der Waals surface area contributed by atoms with Crippen LogP contribution in [0.15, 0.2) is 0 Å². The van der Waals surface area contributed by atoms with Gasteiger partial charge in [0.1, 0.15) is 19.3 Å². The Morgan fingerprint density at radius 1 is 0.312 bits per heavy atom. The maximum absolute atomic E-state index is 13.1. The molecule has 0 heterocycles. The first kappa shape index (κ1) is 91.1. The zero-order chi connectivity index (χ0) is 68.7. The zero-order valence-corrected chi connectivity index (χ0v) is 62.5. The van der Waals surface area contributed by atoms with Crippen molar-refractivity contribution in [1.29, 1.82) is 0 Å². The second-order valence-corrected chi connectivity index (χ2v) is 30.8. The van der Waals surface area contributed by atoms with Crippen LogP contribution in [-0.2, 0) is 65.4 Å². The van der Waals surface area contributed by atoms with Crippen LogP contribution in [0.2, 0.25) is 0 Å². The van der Waals surface area contributed by atoms with Crippen molar-refractivity contribution in [3.8, 4) is 0 Å². The first-order chi connectivity index (χ1) is 44.8. The monoisotopic (exact) mass is 1370 g/mol. The van der Waals surface area contributed by atoms with Crippen molar-refractivity contribution in [3.05, 3.63) is 0 Å². The number of aliphatic hydroxyl groups is 1. The summed E-state index contributed by atoms with van der Waals surface area (Å²) >= 11 is 0. The van der Waals surface area contributed by atoms with Crippen LogP contribution >= 0.6 is 15.6 Å². The third-order valence-electron chi connectivity index (χ3n) is 17.5. The number of hydrogen-bond donors (Lipinski definition) is 3. The molecule has 0 saturated heterocycles. The van der Waals surface area contributed by atoms with Gasteiger partial charge in [0.05, 0.1) is 26.4 Å². The Bertz CT molecular complexity index is 1820. The molecule has 6 atom stereocenters.